The molecule has 3 aromatic heterocycles. The highest BCUT2D eigenvalue weighted by molar-refractivity contribution is 6.10. The Balaban J connectivity index is 1.01. The summed E-state index contributed by atoms with van der Waals surface area (Å²) in [5, 5.41) is 2.31. The van der Waals surface area contributed by atoms with E-state index in [2.05, 4.69) is 295 Å². The lowest BCUT2D eigenvalue weighted by Gasteiger charge is -2.32. The topological polar surface area (TPSA) is 35.9 Å². The monoisotopic (exact) mass is 965 g/mol. The zero-order chi connectivity index (χ0) is 51.4. The number of hydrogen-bond donors (Lipinski definition) is 0. The summed E-state index contributed by atoms with van der Waals surface area (Å²) in [5.74, 6) is 2.33. The van der Waals surface area contributed by atoms with E-state index in [1.165, 1.54) is 44.3 Å². The molecule has 74 heavy (non-hydrogen) atoms. The van der Waals surface area contributed by atoms with Crippen LogP contribution >= 0.6 is 0 Å². The molecule has 0 atom stereocenters. The van der Waals surface area contributed by atoms with Gasteiger partial charge in [-0.1, -0.05) is 202 Å². The lowest BCUT2D eigenvalue weighted by Crippen LogP contribution is -2.33. The standard InChI is InChI=1S/C69H64N4O/c1-66(2,3)52-37-38-70-65(43-52)73-62-36-33-53(67(4,5)49-25-16-11-17-26-49)42-61(62)60-35-34-59(45-63(60)73)74-58-32-22-31-56(44-58)71-46-64(48-23-14-10-15-24-48)72(47-71)57-40-54(68(6,7)50-27-18-12-19-28-50)39-55(41-57)69(8,9)51-29-20-13-21-30-51/h10-46H,1-9H3. The molecule has 0 saturated heterocycles. The number of hydrogen-bond acceptors (Lipinski definition) is 2. The molecule has 0 aliphatic rings. The number of ether oxygens (including phenoxy) is 1. The van der Waals surface area contributed by atoms with E-state index in [0.29, 0.717) is 0 Å². The van der Waals surface area contributed by atoms with Gasteiger partial charge in [-0.05, 0) is 117 Å². The van der Waals surface area contributed by atoms with Crippen LogP contribution in [0.2, 0.25) is 0 Å². The minimum Gasteiger partial charge on any atom is -0.458 e. The predicted octanol–water partition coefficient (Wildman–Crippen LogP) is 16.8. The molecule has 0 radical (unpaired) electrons. The van der Waals surface area contributed by atoms with Crippen LogP contribution in [0.25, 0.3) is 50.3 Å². The van der Waals surface area contributed by atoms with Gasteiger partial charge in [0.1, 0.15) is 17.3 Å². The van der Waals surface area contributed by atoms with Gasteiger partial charge in [-0.2, -0.15) is 0 Å². The van der Waals surface area contributed by atoms with E-state index < -0.39 is 0 Å². The number of fused-ring (bicyclic) bond motifs is 3. The zero-order valence-corrected chi connectivity index (χ0v) is 44.1. The SMILES string of the molecule is CC(C)(C)c1ccnc(-n2c3ccc(C(C)(C)c4ccccc4)cc3c3ccc(Oc4cccc(-n5[c-][n+](-c6cc(C(C)(C)c7ccccc7)cc(C(C)(C)c7ccccc7)c6)c(-c6ccccc6)c5)c4)cc32)c1. The summed E-state index contributed by atoms with van der Waals surface area (Å²) in [4.78, 5) is 5.00. The Morgan fingerprint density at radius 2 is 1.00 bits per heavy atom. The second-order valence-electron chi connectivity index (χ2n) is 22.4. The van der Waals surface area contributed by atoms with Crippen molar-refractivity contribution in [3.8, 4) is 39.9 Å². The number of aromatic nitrogens is 4. The molecule has 0 saturated carbocycles. The van der Waals surface area contributed by atoms with Crippen LogP contribution in [0.15, 0.2) is 225 Å². The number of rotatable bonds is 12. The second-order valence-corrected chi connectivity index (χ2v) is 22.4. The number of nitrogens with zero attached hydrogens (tertiary/aromatic N) is 4. The first-order valence-corrected chi connectivity index (χ1v) is 25.8. The van der Waals surface area contributed by atoms with Crippen molar-refractivity contribution >= 4 is 21.8 Å². The van der Waals surface area contributed by atoms with E-state index in [9.17, 15) is 0 Å². The Kier molecular flexibility index (Phi) is 12.1. The molecule has 5 nitrogen and oxygen atoms in total. The van der Waals surface area contributed by atoms with Crippen molar-refractivity contribution in [1.29, 1.82) is 0 Å². The molecule has 8 aromatic carbocycles. The van der Waals surface area contributed by atoms with E-state index in [4.69, 9.17) is 9.72 Å². The smallest absolute Gasteiger partial charge is 0.269 e. The van der Waals surface area contributed by atoms with Crippen LogP contribution in [0, 0.1) is 6.33 Å². The fraction of sp³-hybridized carbons (Fsp3) is 0.188. The van der Waals surface area contributed by atoms with Crippen LogP contribution < -0.4 is 9.30 Å². The van der Waals surface area contributed by atoms with E-state index >= 15 is 0 Å². The van der Waals surface area contributed by atoms with Crippen molar-refractivity contribution in [3.05, 3.63) is 270 Å². The molecule has 366 valence electrons. The molecule has 0 spiro atoms. The fourth-order valence-electron chi connectivity index (χ4n) is 10.6. The van der Waals surface area contributed by atoms with Crippen molar-refractivity contribution < 1.29 is 9.30 Å². The summed E-state index contributed by atoms with van der Waals surface area (Å²) < 4.78 is 13.5. The Bertz CT molecular complexity index is 3730. The first-order valence-electron chi connectivity index (χ1n) is 25.8. The van der Waals surface area contributed by atoms with Crippen molar-refractivity contribution in [2.24, 2.45) is 0 Å². The third-order valence-electron chi connectivity index (χ3n) is 15.5. The van der Waals surface area contributed by atoms with Gasteiger partial charge in [0.15, 0.2) is 0 Å². The van der Waals surface area contributed by atoms with Crippen LogP contribution in [-0.2, 0) is 21.7 Å². The maximum absolute atomic E-state index is 6.88. The summed E-state index contributed by atoms with van der Waals surface area (Å²) in [6.45, 7) is 20.7. The summed E-state index contributed by atoms with van der Waals surface area (Å²) in [6.07, 6.45) is 7.93. The predicted molar refractivity (Wildman–Crippen MR) is 305 cm³/mol. The highest BCUT2D eigenvalue weighted by atomic mass is 16.5. The lowest BCUT2D eigenvalue weighted by atomic mass is 9.73. The summed E-state index contributed by atoms with van der Waals surface area (Å²) in [7, 11) is 0. The fourth-order valence-corrected chi connectivity index (χ4v) is 10.6. The van der Waals surface area contributed by atoms with Crippen molar-refractivity contribution in [1.82, 2.24) is 14.1 Å². The van der Waals surface area contributed by atoms with Crippen LogP contribution in [0.1, 0.15) is 101 Å². The maximum Gasteiger partial charge on any atom is 0.269 e. The molecule has 11 aromatic rings. The van der Waals surface area contributed by atoms with Gasteiger partial charge in [-0.15, -0.1) is 0 Å². The number of imidazole rings is 1. The molecule has 0 bridgehead atoms. The van der Waals surface area contributed by atoms with E-state index in [1.807, 2.05) is 12.3 Å². The molecule has 0 amide bonds. The third kappa shape index (κ3) is 8.91. The summed E-state index contributed by atoms with van der Waals surface area (Å²) in [5.41, 5.74) is 14.1. The first-order chi connectivity index (χ1) is 35.6. The van der Waals surface area contributed by atoms with E-state index in [-0.39, 0.29) is 21.7 Å². The quantitative estimate of drug-likeness (QED) is 0.0903. The van der Waals surface area contributed by atoms with Gasteiger partial charge in [0.25, 0.3) is 6.33 Å². The zero-order valence-electron chi connectivity index (χ0n) is 44.1. The molecule has 0 N–H and O–H groups in total. The molecule has 3 heterocycles. The molecule has 0 unspecified atom stereocenters. The molecule has 0 fully saturated rings. The van der Waals surface area contributed by atoms with Gasteiger partial charge >= 0.3 is 0 Å². The van der Waals surface area contributed by atoms with Crippen LogP contribution in [0.3, 0.4) is 0 Å². The highest BCUT2D eigenvalue weighted by Gasteiger charge is 2.30. The Labute approximate surface area is 437 Å². The van der Waals surface area contributed by atoms with Gasteiger partial charge in [-0.25, -0.2) is 4.98 Å². The van der Waals surface area contributed by atoms with Gasteiger partial charge in [0.2, 0.25) is 0 Å². The van der Waals surface area contributed by atoms with Crippen LogP contribution in [-0.4, -0.2) is 14.1 Å². The Morgan fingerprint density at radius 1 is 0.432 bits per heavy atom. The minimum absolute atomic E-state index is 0.0492. The summed E-state index contributed by atoms with van der Waals surface area (Å²) >= 11 is 0. The average molecular weight is 965 g/mol. The van der Waals surface area contributed by atoms with E-state index in [0.717, 1.165) is 56.4 Å². The molecule has 0 aliphatic heterocycles. The third-order valence-corrected chi connectivity index (χ3v) is 15.5. The van der Waals surface area contributed by atoms with E-state index in [1.54, 1.807) is 0 Å². The largest absolute Gasteiger partial charge is 0.458 e. The highest BCUT2D eigenvalue weighted by Crippen LogP contribution is 2.41. The molecule has 0 aliphatic carbocycles. The minimum atomic E-state index is -0.285. The Morgan fingerprint density at radius 3 is 1.59 bits per heavy atom. The molecule has 11 rings (SSSR count). The van der Waals surface area contributed by atoms with Crippen molar-refractivity contribution in [3.63, 3.8) is 0 Å². The van der Waals surface area contributed by atoms with Gasteiger partial charge in [-0.3, -0.25) is 13.7 Å². The van der Waals surface area contributed by atoms with Gasteiger partial charge in [0.05, 0.1) is 28.1 Å². The normalized spacial score (nSPS) is 12.4. The van der Waals surface area contributed by atoms with Crippen molar-refractivity contribution in [2.45, 2.75) is 84.0 Å². The van der Waals surface area contributed by atoms with Gasteiger partial charge < -0.3 is 4.74 Å². The number of pyridine rings is 1. The summed E-state index contributed by atoms with van der Waals surface area (Å²) in [6, 6.07) is 76.2. The van der Waals surface area contributed by atoms with Crippen LogP contribution in [0.4, 0.5) is 0 Å². The number of benzene rings is 8. The average Bonchev–Trinajstić information content (AvgIpc) is 4.02. The lowest BCUT2D eigenvalue weighted by molar-refractivity contribution is -0.588. The van der Waals surface area contributed by atoms with Gasteiger partial charge in [0, 0.05) is 45.5 Å². The molecule has 5 heteroatoms. The second kappa shape index (κ2) is 18.6. The first kappa shape index (κ1) is 48.0. The molecular formula is C69H64N4O. The van der Waals surface area contributed by atoms with Crippen LogP contribution in [0.5, 0.6) is 11.5 Å². The van der Waals surface area contributed by atoms with Crippen molar-refractivity contribution in [2.75, 3.05) is 0 Å². The molecular weight excluding hydrogens is 901 g/mol. The maximum atomic E-state index is 6.88. The Hall–Kier alpha value is -8.28.